The number of unbranched alkanes of at least 4 members (excludes halogenated alkanes) is 1. The van der Waals surface area contributed by atoms with Crippen molar-refractivity contribution < 1.29 is 0 Å². The minimum absolute atomic E-state index is 0.898. The van der Waals surface area contributed by atoms with Crippen LogP contribution in [-0.4, -0.2) is 23.1 Å². The summed E-state index contributed by atoms with van der Waals surface area (Å²) in [7, 11) is 0. The molecule has 0 saturated carbocycles. The van der Waals surface area contributed by atoms with Crippen LogP contribution in [0.1, 0.15) is 45.7 Å². The fraction of sp³-hybridized carbons (Fsp3) is 0.692. The first kappa shape index (κ1) is 12.9. The monoisotopic (exact) mass is 221 g/mol. The Labute approximate surface area is 98.9 Å². The summed E-state index contributed by atoms with van der Waals surface area (Å²) in [6.07, 6.45) is 6.41. The Morgan fingerprint density at radius 1 is 1.12 bits per heavy atom. The molecular formula is C13H23N3. The highest BCUT2D eigenvalue weighted by atomic mass is 15.2. The van der Waals surface area contributed by atoms with Crippen molar-refractivity contribution in [3.05, 3.63) is 18.0 Å². The number of aromatic nitrogens is 2. The van der Waals surface area contributed by atoms with Crippen molar-refractivity contribution in [2.45, 2.75) is 46.5 Å². The lowest BCUT2D eigenvalue weighted by atomic mass is 10.3. The molecule has 0 aliphatic carbocycles. The zero-order chi connectivity index (χ0) is 11.8. The van der Waals surface area contributed by atoms with Crippen molar-refractivity contribution in [1.29, 1.82) is 0 Å². The van der Waals surface area contributed by atoms with Crippen LogP contribution in [0.3, 0.4) is 0 Å². The maximum Gasteiger partial charge on any atom is 0.225 e. The van der Waals surface area contributed by atoms with Crippen molar-refractivity contribution in [1.82, 2.24) is 9.97 Å². The molecule has 1 rings (SSSR count). The molecular weight excluding hydrogens is 198 g/mol. The Morgan fingerprint density at radius 2 is 1.94 bits per heavy atom. The van der Waals surface area contributed by atoms with E-state index in [0.717, 1.165) is 37.6 Å². The first-order valence-electron chi connectivity index (χ1n) is 6.38. The molecule has 0 atom stereocenters. The fourth-order valence-electron chi connectivity index (χ4n) is 1.66. The van der Waals surface area contributed by atoms with Crippen LogP contribution in [0.2, 0.25) is 0 Å². The average molecular weight is 221 g/mol. The zero-order valence-corrected chi connectivity index (χ0v) is 10.7. The van der Waals surface area contributed by atoms with Crippen LogP contribution in [-0.2, 0) is 6.42 Å². The standard InChI is InChI=1S/C13H23N3/c1-4-7-11-16(10-5-2)13-14-9-8-12(6-3)15-13/h8-9H,4-7,10-11H2,1-3H3. The molecule has 3 nitrogen and oxygen atoms in total. The van der Waals surface area contributed by atoms with Crippen LogP contribution in [0.25, 0.3) is 0 Å². The van der Waals surface area contributed by atoms with Gasteiger partial charge in [-0.05, 0) is 25.3 Å². The van der Waals surface area contributed by atoms with Gasteiger partial charge in [0.2, 0.25) is 5.95 Å². The van der Waals surface area contributed by atoms with E-state index in [1.165, 1.54) is 12.8 Å². The van der Waals surface area contributed by atoms with E-state index in [1.54, 1.807) is 0 Å². The van der Waals surface area contributed by atoms with E-state index < -0.39 is 0 Å². The Balaban J connectivity index is 2.73. The molecule has 0 saturated heterocycles. The van der Waals surface area contributed by atoms with Gasteiger partial charge in [-0.25, -0.2) is 9.97 Å². The molecule has 0 unspecified atom stereocenters. The van der Waals surface area contributed by atoms with Crippen LogP contribution >= 0.6 is 0 Å². The predicted octanol–water partition coefficient (Wildman–Crippen LogP) is 3.06. The summed E-state index contributed by atoms with van der Waals surface area (Å²) in [5.41, 5.74) is 1.13. The third kappa shape index (κ3) is 3.80. The molecule has 0 amide bonds. The van der Waals surface area contributed by atoms with Crippen LogP contribution in [0.5, 0.6) is 0 Å². The maximum atomic E-state index is 4.58. The summed E-state index contributed by atoms with van der Waals surface area (Å²) in [6.45, 7) is 8.66. The lowest BCUT2D eigenvalue weighted by Gasteiger charge is -2.21. The number of anilines is 1. The summed E-state index contributed by atoms with van der Waals surface area (Å²) >= 11 is 0. The average Bonchev–Trinajstić information content (AvgIpc) is 2.34. The molecule has 1 aromatic heterocycles. The maximum absolute atomic E-state index is 4.58. The van der Waals surface area contributed by atoms with Gasteiger partial charge in [-0.2, -0.15) is 0 Å². The number of rotatable bonds is 7. The van der Waals surface area contributed by atoms with Gasteiger partial charge in [0.15, 0.2) is 0 Å². The largest absolute Gasteiger partial charge is 0.341 e. The number of nitrogens with zero attached hydrogens (tertiary/aromatic N) is 3. The Kier molecular flexibility index (Phi) is 5.83. The van der Waals surface area contributed by atoms with E-state index in [4.69, 9.17) is 0 Å². The van der Waals surface area contributed by atoms with Crippen molar-refractivity contribution in [2.24, 2.45) is 0 Å². The molecule has 16 heavy (non-hydrogen) atoms. The highest BCUT2D eigenvalue weighted by Gasteiger charge is 2.07. The van der Waals surface area contributed by atoms with Gasteiger partial charge in [0.05, 0.1) is 0 Å². The van der Waals surface area contributed by atoms with Crippen LogP contribution in [0.15, 0.2) is 12.3 Å². The van der Waals surface area contributed by atoms with E-state index in [9.17, 15) is 0 Å². The molecule has 0 bridgehead atoms. The SMILES string of the molecule is CCCCN(CCC)c1nccc(CC)n1. The Morgan fingerprint density at radius 3 is 2.56 bits per heavy atom. The van der Waals surface area contributed by atoms with Gasteiger partial charge in [-0.1, -0.05) is 27.2 Å². The summed E-state index contributed by atoms with van der Waals surface area (Å²) in [5.74, 6) is 0.898. The third-order valence-electron chi connectivity index (χ3n) is 2.62. The van der Waals surface area contributed by atoms with E-state index in [1.807, 2.05) is 12.3 Å². The lowest BCUT2D eigenvalue weighted by Crippen LogP contribution is -2.27. The Bertz CT molecular complexity index is 299. The van der Waals surface area contributed by atoms with Gasteiger partial charge < -0.3 is 4.90 Å². The summed E-state index contributed by atoms with van der Waals surface area (Å²) in [5, 5.41) is 0. The number of hydrogen-bond donors (Lipinski definition) is 0. The molecule has 1 heterocycles. The molecule has 90 valence electrons. The molecule has 0 radical (unpaired) electrons. The topological polar surface area (TPSA) is 29.0 Å². The van der Waals surface area contributed by atoms with Gasteiger partial charge >= 0.3 is 0 Å². The van der Waals surface area contributed by atoms with Crippen molar-refractivity contribution in [3.63, 3.8) is 0 Å². The molecule has 0 aliphatic heterocycles. The third-order valence-corrected chi connectivity index (χ3v) is 2.62. The quantitative estimate of drug-likeness (QED) is 0.708. The van der Waals surface area contributed by atoms with E-state index in [0.29, 0.717) is 0 Å². The molecule has 3 heteroatoms. The lowest BCUT2D eigenvalue weighted by molar-refractivity contribution is 0.684. The second-order valence-corrected chi connectivity index (χ2v) is 4.04. The van der Waals surface area contributed by atoms with Crippen molar-refractivity contribution in [3.8, 4) is 0 Å². The number of hydrogen-bond acceptors (Lipinski definition) is 3. The molecule has 0 aromatic carbocycles. The molecule has 0 spiro atoms. The van der Waals surface area contributed by atoms with Crippen LogP contribution in [0, 0.1) is 0 Å². The van der Waals surface area contributed by atoms with Crippen molar-refractivity contribution in [2.75, 3.05) is 18.0 Å². The zero-order valence-electron chi connectivity index (χ0n) is 10.7. The second kappa shape index (κ2) is 7.20. The van der Waals surface area contributed by atoms with Crippen LogP contribution in [0.4, 0.5) is 5.95 Å². The summed E-state index contributed by atoms with van der Waals surface area (Å²) < 4.78 is 0. The fourth-order valence-corrected chi connectivity index (χ4v) is 1.66. The molecule has 0 fully saturated rings. The van der Waals surface area contributed by atoms with E-state index >= 15 is 0 Å². The molecule has 0 aliphatic rings. The molecule has 0 N–H and O–H groups in total. The van der Waals surface area contributed by atoms with Gasteiger partial charge in [0.1, 0.15) is 0 Å². The Hall–Kier alpha value is -1.12. The second-order valence-electron chi connectivity index (χ2n) is 4.04. The summed E-state index contributed by atoms with van der Waals surface area (Å²) in [4.78, 5) is 11.2. The molecule has 1 aromatic rings. The van der Waals surface area contributed by atoms with Crippen molar-refractivity contribution >= 4 is 5.95 Å². The highest BCUT2D eigenvalue weighted by molar-refractivity contribution is 5.29. The van der Waals surface area contributed by atoms with Gasteiger partial charge in [0, 0.05) is 25.0 Å². The van der Waals surface area contributed by atoms with E-state index in [2.05, 4.69) is 35.6 Å². The smallest absolute Gasteiger partial charge is 0.225 e. The minimum Gasteiger partial charge on any atom is -0.341 e. The minimum atomic E-state index is 0.898. The first-order chi connectivity index (χ1) is 7.81. The van der Waals surface area contributed by atoms with Gasteiger partial charge in [0.25, 0.3) is 0 Å². The predicted molar refractivity (Wildman–Crippen MR) is 68.8 cm³/mol. The normalized spacial score (nSPS) is 10.4. The van der Waals surface area contributed by atoms with Gasteiger partial charge in [-0.15, -0.1) is 0 Å². The highest BCUT2D eigenvalue weighted by Crippen LogP contribution is 2.10. The van der Waals surface area contributed by atoms with Crippen LogP contribution < -0.4 is 4.90 Å². The summed E-state index contributed by atoms with van der Waals surface area (Å²) in [6, 6.07) is 1.99. The van der Waals surface area contributed by atoms with E-state index in [-0.39, 0.29) is 0 Å². The number of aryl methyl sites for hydroxylation is 1. The first-order valence-corrected chi connectivity index (χ1v) is 6.38. The van der Waals surface area contributed by atoms with Gasteiger partial charge in [-0.3, -0.25) is 0 Å².